The molecule has 6 nitrogen and oxygen atoms in total. The monoisotopic (exact) mass is 493 g/mol. The van der Waals surface area contributed by atoms with Gasteiger partial charge in [-0.2, -0.15) is 0 Å². The summed E-state index contributed by atoms with van der Waals surface area (Å²) in [5, 5.41) is 18.7. The van der Waals surface area contributed by atoms with Crippen LogP contribution in [0, 0.1) is 13.8 Å². The maximum absolute atomic E-state index is 12.1. The number of nitrogens with zero attached hydrogens (tertiary/aromatic N) is 3. The van der Waals surface area contributed by atoms with Crippen LogP contribution in [0.1, 0.15) is 11.1 Å². The van der Waals surface area contributed by atoms with Gasteiger partial charge in [-0.25, -0.2) is 0 Å². The molecule has 0 aliphatic heterocycles. The Morgan fingerprint density at radius 1 is 1.22 bits per heavy atom. The van der Waals surface area contributed by atoms with Gasteiger partial charge in [-0.05, 0) is 65.2 Å². The van der Waals surface area contributed by atoms with E-state index >= 15 is 0 Å². The smallest absolute Gasteiger partial charge is 0.302 e. The maximum Gasteiger partial charge on any atom is 0.302 e. The van der Waals surface area contributed by atoms with Crippen molar-refractivity contribution >= 4 is 54.4 Å². The number of carbonyl (C=O) groups is 1. The molecule has 0 unspecified atom stereocenters. The van der Waals surface area contributed by atoms with Crippen molar-refractivity contribution in [3.05, 3.63) is 50.4 Å². The normalized spacial score (nSPS) is 11.4. The first kappa shape index (κ1) is 19.6. The Hall–Kier alpha value is -2.19. The second kappa shape index (κ2) is 7.82. The number of aromatic hydroxyl groups is 1. The average molecular weight is 495 g/mol. The van der Waals surface area contributed by atoms with Crippen molar-refractivity contribution in [2.75, 3.05) is 6.61 Å². The van der Waals surface area contributed by atoms with E-state index in [9.17, 15) is 9.90 Å². The Bertz CT molecular complexity index is 1070. The molecule has 27 heavy (non-hydrogen) atoms. The van der Waals surface area contributed by atoms with Gasteiger partial charge in [-0.1, -0.05) is 22.0 Å². The molecule has 1 N–H and O–H groups in total. The molecule has 0 radical (unpaired) electrons. The molecular weight excluding hydrogens is 478 g/mol. The number of aryl methyl sites for hydroxylation is 3. The van der Waals surface area contributed by atoms with Gasteiger partial charge in [-0.15, -0.1) is 10.2 Å². The Kier molecular flexibility index (Phi) is 5.67. The van der Waals surface area contributed by atoms with Crippen LogP contribution in [-0.2, 0) is 11.8 Å². The third-order valence-corrected chi connectivity index (χ3v) is 5.16. The van der Waals surface area contributed by atoms with Gasteiger partial charge in [0.15, 0.2) is 12.3 Å². The molecule has 0 bridgehead atoms. The van der Waals surface area contributed by atoms with Gasteiger partial charge >= 0.3 is 5.91 Å². The largest absolute Gasteiger partial charge is 0.493 e. The highest BCUT2D eigenvalue weighted by atomic mass is 79.9. The molecule has 0 saturated heterocycles. The van der Waals surface area contributed by atoms with Crippen LogP contribution in [-0.4, -0.2) is 22.2 Å². The van der Waals surface area contributed by atoms with Crippen LogP contribution >= 0.6 is 31.9 Å². The van der Waals surface area contributed by atoms with Gasteiger partial charge in [-0.3, -0.25) is 4.79 Å². The minimum atomic E-state index is -0.550. The van der Waals surface area contributed by atoms with E-state index in [2.05, 4.69) is 42.1 Å². The summed E-state index contributed by atoms with van der Waals surface area (Å²) in [4.78, 5) is 12.1. The van der Waals surface area contributed by atoms with Crippen LogP contribution in [0.4, 0.5) is 5.69 Å². The molecule has 0 aliphatic rings. The summed E-state index contributed by atoms with van der Waals surface area (Å²) in [5.74, 6) is -0.0488. The third kappa shape index (κ3) is 4.06. The fourth-order valence-corrected chi connectivity index (χ4v) is 4.02. The molecule has 3 aromatic rings. The Morgan fingerprint density at radius 3 is 2.67 bits per heavy atom. The summed E-state index contributed by atoms with van der Waals surface area (Å²) in [5.41, 5.74) is 3.13. The number of rotatable bonds is 4. The quantitative estimate of drug-likeness (QED) is 0.471. The fourth-order valence-electron chi connectivity index (χ4n) is 2.84. The summed E-state index contributed by atoms with van der Waals surface area (Å²) < 4.78 is 8.72. The fraction of sp³-hybridized carbons (Fsp3) is 0.211. The van der Waals surface area contributed by atoms with Crippen molar-refractivity contribution < 1.29 is 14.6 Å². The summed E-state index contributed by atoms with van der Waals surface area (Å²) in [6, 6.07) is 9.35. The second-order valence-electron chi connectivity index (χ2n) is 6.17. The molecule has 0 aliphatic carbocycles. The summed E-state index contributed by atoms with van der Waals surface area (Å²) in [7, 11) is 1.73. The second-order valence-corrected chi connectivity index (χ2v) is 7.94. The number of fused-ring (bicyclic) bond motifs is 1. The molecular formula is C19H17Br2N3O3. The van der Waals surface area contributed by atoms with E-state index in [0.717, 1.165) is 25.6 Å². The van der Waals surface area contributed by atoms with Gasteiger partial charge in [0.25, 0.3) is 0 Å². The highest BCUT2D eigenvalue weighted by molar-refractivity contribution is 9.10. The highest BCUT2D eigenvalue weighted by Gasteiger charge is 2.17. The lowest BCUT2D eigenvalue weighted by atomic mass is 10.1. The van der Waals surface area contributed by atoms with Crippen LogP contribution in [0.15, 0.2) is 49.5 Å². The average Bonchev–Trinajstić information content (AvgIpc) is 2.83. The maximum atomic E-state index is 12.1. The molecule has 140 valence electrons. The van der Waals surface area contributed by atoms with Crippen molar-refractivity contribution in [1.29, 1.82) is 0 Å². The molecule has 1 aromatic heterocycles. The van der Waals surface area contributed by atoms with Crippen LogP contribution in [0.5, 0.6) is 11.6 Å². The summed E-state index contributed by atoms with van der Waals surface area (Å²) >= 11 is 6.83. The molecule has 3 rings (SSSR count). The van der Waals surface area contributed by atoms with Gasteiger partial charge in [0.05, 0.1) is 9.99 Å². The number of azo groups is 1. The first-order chi connectivity index (χ1) is 12.8. The summed E-state index contributed by atoms with van der Waals surface area (Å²) in [6.45, 7) is 3.65. The van der Waals surface area contributed by atoms with E-state index in [-0.39, 0.29) is 18.2 Å². The minimum Gasteiger partial charge on any atom is -0.493 e. The van der Waals surface area contributed by atoms with Crippen molar-refractivity contribution in [3.8, 4) is 11.6 Å². The molecule has 8 heteroatoms. The standard InChI is InChI=1S/C19H17Br2N3O3/c1-10-4-5-15(14(21)6-10)27-9-16(25)22-23-17-13-8-12(20)7-11(2)18(13)24(3)19(17)26/h4-8,26H,9H2,1-3H3. The molecule has 0 saturated carbocycles. The molecule has 0 atom stereocenters. The van der Waals surface area contributed by atoms with Crippen molar-refractivity contribution in [2.45, 2.75) is 13.8 Å². The lowest BCUT2D eigenvalue weighted by Crippen LogP contribution is -2.08. The predicted octanol–water partition coefficient (Wildman–Crippen LogP) is 5.72. The van der Waals surface area contributed by atoms with E-state index < -0.39 is 5.91 Å². The number of carbonyl (C=O) groups excluding carboxylic acids is 1. The first-order valence-corrected chi connectivity index (χ1v) is 9.67. The number of ether oxygens (including phenoxy) is 1. The van der Waals surface area contributed by atoms with E-state index in [4.69, 9.17) is 4.74 Å². The van der Waals surface area contributed by atoms with E-state index in [1.54, 1.807) is 17.7 Å². The van der Waals surface area contributed by atoms with Crippen molar-refractivity contribution in [1.82, 2.24) is 4.57 Å². The van der Waals surface area contributed by atoms with Crippen molar-refractivity contribution in [2.24, 2.45) is 17.3 Å². The zero-order valence-electron chi connectivity index (χ0n) is 15.0. The minimum absolute atomic E-state index is 0.0510. The number of benzene rings is 2. The Morgan fingerprint density at radius 2 is 1.96 bits per heavy atom. The topological polar surface area (TPSA) is 76.2 Å². The van der Waals surface area contributed by atoms with Crippen LogP contribution in [0.2, 0.25) is 0 Å². The van der Waals surface area contributed by atoms with E-state index in [0.29, 0.717) is 11.1 Å². The summed E-state index contributed by atoms with van der Waals surface area (Å²) in [6.07, 6.45) is 0. The lowest BCUT2D eigenvalue weighted by Gasteiger charge is -2.06. The SMILES string of the molecule is Cc1ccc(OCC(=O)N=Nc2c(O)n(C)c3c(C)cc(Br)cc23)c(Br)c1. The van der Waals surface area contributed by atoms with E-state index in [1.165, 1.54) is 0 Å². The number of halogens is 2. The van der Waals surface area contributed by atoms with E-state index in [1.807, 2.05) is 38.1 Å². The Labute approximate surface area is 173 Å². The van der Waals surface area contributed by atoms with Gasteiger partial charge in [0, 0.05) is 16.9 Å². The number of amides is 1. The predicted molar refractivity (Wildman–Crippen MR) is 111 cm³/mol. The zero-order chi connectivity index (χ0) is 19.7. The number of hydrogen-bond donors (Lipinski definition) is 1. The van der Waals surface area contributed by atoms with Gasteiger partial charge < -0.3 is 14.4 Å². The van der Waals surface area contributed by atoms with Gasteiger partial charge in [0.1, 0.15) is 5.75 Å². The lowest BCUT2D eigenvalue weighted by molar-refractivity contribution is -0.120. The van der Waals surface area contributed by atoms with Crippen molar-refractivity contribution in [3.63, 3.8) is 0 Å². The molecule has 0 fully saturated rings. The molecule has 0 spiro atoms. The molecule has 2 aromatic carbocycles. The third-order valence-electron chi connectivity index (χ3n) is 4.09. The number of hydrogen-bond acceptors (Lipinski definition) is 4. The zero-order valence-corrected chi connectivity index (χ0v) is 18.1. The van der Waals surface area contributed by atoms with Crippen LogP contribution < -0.4 is 4.74 Å². The molecule has 1 amide bonds. The van der Waals surface area contributed by atoms with Gasteiger partial charge in [0.2, 0.25) is 5.88 Å². The number of aromatic nitrogens is 1. The van der Waals surface area contributed by atoms with Crippen LogP contribution in [0.3, 0.4) is 0 Å². The first-order valence-electron chi connectivity index (χ1n) is 8.09. The highest BCUT2D eigenvalue weighted by Crippen LogP contribution is 2.40. The Balaban J connectivity index is 1.81. The molecule has 1 heterocycles. The van der Waals surface area contributed by atoms with Crippen LogP contribution in [0.25, 0.3) is 10.9 Å².